The maximum Gasteiger partial charge on any atom is 0.321 e. The Balaban J connectivity index is 1.69. The third-order valence-electron chi connectivity index (χ3n) is 4.77. The molecule has 3 aromatic rings. The van der Waals surface area contributed by atoms with Crippen molar-refractivity contribution in [3.8, 4) is 0 Å². The Kier molecular flexibility index (Phi) is 3.38. The number of carboxylic acids is 1. The van der Waals surface area contributed by atoms with E-state index in [0.29, 0.717) is 19.5 Å². The normalized spacial score (nSPS) is 18.0. The number of carbonyl (C=O) groups is 1. The Morgan fingerprint density at radius 2 is 2.33 bits per heavy atom. The van der Waals surface area contributed by atoms with Crippen molar-refractivity contribution in [1.29, 1.82) is 0 Å². The number of nitrogens with one attached hydrogen (secondary N) is 2. The van der Waals surface area contributed by atoms with Crippen LogP contribution >= 0.6 is 0 Å². The highest BCUT2D eigenvalue weighted by Crippen LogP contribution is 2.27. The molecule has 0 amide bonds. The third-order valence-corrected chi connectivity index (χ3v) is 4.77. The highest BCUT2D eigenvalue weighted by atomic mass is 19.1. The number of fused-ring (bicyclic) bond motifs is 2. The maximum absolute atomic E-state index is 13.5. The van der Waals surface area contributed by atoms with Crippen LogP contribution in [0.2, 0.25) is 0 Å². The van der Waals surface area contributed by atoms with E-state index in [1.165, 1.54) is 12.1 Å². The van der Waals surface area contributed by atoms with Crippen LogP contribution in [0.4, 0.5) is 4.39 Å². The lowest BCUT2D eigenvalue weighted by Gasteiger charge is -2.32. The van der Waals surface area contributed by atoms with Gasteiger partial charge in [-0.2, -0.15) is 0 Å². The van der Waals surface area contributed by atoms with Gasteiger partial charge >= 0.3 is 5.97 Å². The molecule has 0 spiro atoms. The summed E-state index contributed by atoms with van der Waals surface area (Å²) in [6.45, 7) is 2.88. The van der Waals surface area contributed by atoms with Gasteiger partial charge in [-0.15, -0.1) is 0 Å². The Labute approximate surface area is 137 Å². The predicted octanol–water partition coefficient (Wildman–Crippen LogP) is 2.35. The molecule has 124 valence electrons. The van der Waals surface area contributed by atoms with Gasteiger partial charge in [-0.05, 0) is 30.7 Å². The predicted molar refractivity (Wildman–Crippen MR) is 86.0 cm³/mol. The summed E-state index contributed by atoms with van der Waals surface area (Å²) in [7, 11) is 0. The lowest BCUT2D eigenvalue weighted by molar-refractivity contribution is -0.144. The SMILES string of the molecule is Cc1c(CN2Cc3[nH]cnc3C[C@H]2C(=O)O)[nH]c2ccc(F)cc12. The molecule has 24 heavy (non-hydrogen) atoms. The average molecular weight is 328 g/mol. The van der Waals surface area contributed by atoms with E-state index in [2.05, 4.69) is 15.0 Å². The molecule has 6 nitrogen and oxygen atoms in total. The number of H-pyrrole nitrogens is 2. The van der Waals surface area contributed by atoms with E-state index < -0.39 is 12.0 Å². The fraction of sp³-hybridized carbons (Fsp3) is 0.294. The van der Waals surface area contributed by atoms with Crippen LogP contribution < -0.4 is 0 Å². The van der Waals surface area contributed by atoms with Crippen LogP contribution in [0.3, 0.4) is 0 Å². The number of carboxylic acid groups (broad SMARTS) is 1. The lowest BCUT2D eigenvalue weighted by atomic mass is 10.0. The fourth-order valence-electron chi connectivity index (χ4n) is 3.41. The van der Waals surface area contributed by atoms with E-state index in [1.807, 2.05) is 11.8 Å². The molecule has 4 rings (SSSR count). The number of aromatic nitrogens is 3. The zero-order valence-electron chi connectivity index (χ0n) is 13.1. The number of aliphatic carboxylic acids is 1. The standard InChI is InChI=1S/C17H17FN4O2/c1-9-11-4-10(18)2-3-12(11)21-14(9)6-22-7-15-13(19-8-20-15)5-16(22)17(23)24/h2-4,8,16,21H,5-7H2,1H3,(H,19,20)(H,23,24)/t16-/m0/s1. The maximum atomic E-state index is 13.5. The number of benzene rings is 1. The number of rotatable bonds is 3. The third kappa shape index (κ3) is 2.37. The van der Waals surface area contributed by atoms with Gasteiger partial charge < -0.3 is 15.1 Å². The van der Waals surface area contributed by atoms with Gasteiger partial charge in [0.15, 0.2) is 0 Å². The van der Waals surface area contributed by atoms with Gasteiger partial charge in [0.2, 0.25) is 0 Å². The number of aryl methyl sites for hydroxylation is 1. The first kappa shape index (κ1) is 14.9. The number of nitrogens with zero attached hydrogens (tertiary/aromatic N) is 2. The van der Waals surface area contributed by atoms with E-state index in [-0.39, 0.29) is 5.82 Å². The summed E-state index contributed by atoms with van der Waals surface area (Å²) in [6, 6.07) is 4.00. The number of halogens is 1. The summed E-state index contributed by atoms with van der Waals surface area (Å²) in [4.78, 5) is 24.1. The highest BCUT2D eigenvalue weighted by molar-refractivity contribution is 5.84. The minimum absolute atomic E-state index is 0.278. The minimum Gasteiger partial charge on any atom is -0.480 e. The van der Waals surface area contributed by atoms with Crippen LogP contribution in [0.15, 0.2) is 24.5 Å². The summed E-state index contributed by atoms with van der Waals surface area (Å²) in [5, 5.41) is 10.4. The van der Waals surface area contributed by atoms with E-state index in [9.17, 15) is 14.3 Å². The van der Waals surface area contributed by atoms with E-state index >= 15 is 0 Å². The van der Waals surface area contributed by atoms with Crippen molar-refractivity contribution in [2.75, 3.05) is 0 Å². The van der Waals surface area contributed by atoms with Gasteiger partial charge in [-0.3, -0.25) is 9.69 Å². The molecule has 1 aliphatic heterocycles. The Hall–Kier alpha value is -2.67. The molecule has 7 heteroatoms. The second-order valence-electron chi connectivity index (χ2n) is 6.21. The monoisotopic (exact) mass is 328 g/mol. The molecular formula is C17H17FN4O2. The van der Waals surface area contributed by atoms with Crippen LogP contribution in [0.5, 0.6) is 0 Å². The number of imidazole rings is 1. The number of aromatic amines is 2. The molecule has 1 aliphatic rings. The average Bonchev–Trinajstić information content (AvgIpc) is 3.12. The van der Waals surface area contributed by atoms with Crippen molar-refractivity contribution in [1.82, 2.24) is 19.9 Å². The Bertz CT molecular complexity index is 930. The molecule has 3 N–H and O–H groups in total. The van der Waals surface area contributed by atoms with Gasteiger partial charge in [0, 0.05) is 36.1 Å². The Morgan fingerprint density at radius 1 is 1.50 bits per heavy atom. The minimum atomic E-state index is -0.858. The van der Waals surface area contributed by atoms with Crippen molar-refractivity contribution < 1.29 is 14.3 Å². The zero-order chi connectivity index (χ0) is 16.8. The largest absolute Gasteiger partial charge is 0.480 e. The first-order valence-electron chi connectivity index (χ1n) is 7.77. The molecule has 0 saturated heterocycles. The lowest BCUT2D eigenvalue weighted by Crippen LogP contribution is -2.45. The zero-order valence-corrected chi connectivity index (χ0v) is 13.1. The van der Waals surface area contributed by atoms with Gasteiger partial charge in [-0.1, -0.05) is 0 Å². The first-order valence-corrected chi connectivity index (χ1v) is 7.77. The number of hydrogen-bond acceptors (Lipinski definition) is 3. The van der Waals surface area contributed by atoms with Crippen LogP contribution in [-0.4, -0.2) is 37.0 Å². The molecule has 0 unspecified atom stereocenters. The molecule has 0 saturated carbocycles. The van der Waals surface area contributed by atoms with E-state index in [1.54, 1.807) is 12.4 Å². The molecular weight excluding hydrogens is 311 g/mol. The summed E-state index contributed by atoms with van der Waals surface area (Å²) in [6.07, 6.45) is 1.98. The molecule has 0 radical (unpaired) electrons. The summed E-state index contributed by atoms with van der Waals surface area (Å²) < 4.78 is 13.5. The van der Waals surface area contributed by atoms with Crippen LogP contribution in [0, 0.1) is 12.7 Å². The summed E-state index contributed by atoms with van der Waals surface area (Å²) in [5.74, 6) is -1.14. The summed E-state index contributed by atoms with van der Waals surface area (Å²) >= 11 is 0. The quantitative estimate of drug-likeness (QED) is 0.689. The number of hydrogen-bond donors (Lipinski definition) is 3. The van der Waals surface area contributed by atoms with Crippen molar-refractivity contribution in [2.24, 2.45) is 0 Å². The molecule has 0 bridgehead atoms. The van der Waals surface area contributed by atoms with Crippen molar-refractivity contribution in [3.63, 3.8) is 0 Å². The van der Waals surface area contributed by atoms with Gasteiger partial charge in [-0.25, -0.2) is 9.37 Å². The van der Waals surface area contributed by atoms with Crippen molar-refractivity contribution in [3.05, 3.63) is 53.0 Å². The van der Waals surface area contributed by atoms with Crippen molar-refractivity contribution >= 4 is 16.9 Å². The first-order chi connectivity index (χ1) is 11.5. The summed E-state index contributed by atoms with van der Waals surface area (Å²) in [5.41, 5.74) is 4.48. The van der Waals surface area contributed by atoms with Crippen molar-refractivity contribution in [2.45, 2.75) is 32.5 Å². The molecule has 3 heterocycles. The molecule has 0 fully saturated rings. The van der Waals surface area contributed by atoms with E-state index in [0.717, 1.165) is 33.5 Å². The fourth-order valence-corrected chi connectivity index (χ4v) is 3.41. The van der Waals surface area contributed by atoms with Crippen LogP contribution in [-0.2, 0) is 24.3 Å². The van der Waals surface area contributed by atoms with Gasteiger partial charge in [0.05, 0.1) is 17.7 Å². The second-order valence-corrected chi connectivity index (χ2v) is 6.21. The molecule has 2 aromatic heterocycles. The molecule has 0 aliphatic carbocycles. The van der Waals surface area contributed by atoms with Crippen LogP contribution in [0.25, 0.3) is 10.9 Å². The van der Waals surface area contributed by atoms with Gasteiger partial charge in [0.1, 0.15) is 11.9 Å². The highest BCUT2D eigenvalue weighted by Gasteiger charge is 2.33. The van der Waals surface area contributed by atoms with Gasteiger partial charge in [0.25, 0.3) is 0 Å². The molecule has 1 atom stereocenters. The smallest absolute Gasteiger partial charge is 0.321 e. The Morgan fingerprint density at radius 3 is 3.12 bits per heavy atom. The van der Waals surface area contributed by atoms with E-state index in [4.69, 9.17) is 0 Å². The topological polar surface area (TPSA) is 85.0 Å². The molecule has 1 aromatic carbocycles. The van der Waals surface area contributed by atoms with Crippen LogP contribution in [0.1, 0.15) is 22.6 Å². The second kappa shape index (κ2) is 5.45.